The Balaban J connectivity index is 1.58. The lowest BCUT2D eigenvalue weighted by Gasteiger charge is -2.37. The average Bonchev–Trinajstić information content (AvgIpc) is 3.29. The van der Waals surface area contributed by atoms with Crippen LogP contribution in [0, 0.1) is 0 Å². The van der Waals surface area contributed by atoms with Gasteiger partial charge in [0.05, 0.1) is 19.0 Å². The summed E-state index contributed by atoms with van der Waals surface area (Å²) >= 11 is 5.97. The van der Waals surface area contributed by atoms with Gasteiger partial charge in [-0.15, -0.1) is 5.10 Å². The highest BCUT2D eigenvalue weighted by Gasteiger charge is 2.33. The maximum atomic E-state index is 13.0. The number of carbonyl (C=O) groups excluding carboxylic acids is 1. The number of hydrogen-bond acceptors (Lipinski definition) is 5. The number of hydrogen-bond donors (Lipinski definition) is 1. The summed E-state index contributed by atoms with van der Waals surface area (Å²) in [5, 5.41) is 4.98. The van der Waals surface area contributed by atoms with E-state index in [4.69, 9.17) is 16.3 Å². The minimum absolute atomic E-state index is 0.126. The van der Waals surface area contributed by atoms with E-state index < -0.39 is 0 Å². The number of ether oxygens (including phenoxy) is 1. The van der Waals surface area contributed by atoms with Gasteiger partial charge in [0, 0.05) is 11.4 Å². The molecule has 0 aliphatic carbocycles. The molecule has 1 atom stereocenters. The summed E-state index contributed by atoms with van der Waals surface area (Å²) in [5.74, 6) is 1.47. The molecule has 7 heteroatoms. The Labute approximate surface area is 200 Å². The molecule has 0 spiro atoms. The number of halogens is 1. The molecule has 2 aliphatic heterocycles. The summed E-state index contributed by atoms with van der Waals surface area (Å²) in [7, 11) is 0. The number of amides is 1. The van der Waals surface area contributed by atoms with Crippen LogP contribution in [-0.4, -0.2) is 29.1 Å². The summed E-state index contributed by atoms with van der Waals surface area (Å²) < 4.78 is 5.96. The Morgan fingerprint density at radius 1 is 1.12 bits per heavy atom. The molecule has 33 heavy (non-hydrogen) atoms. The van der Waals surface area contributed by atoms with E-state index in [2.05, 4.69) is 46.4 Å². The van der Waals surface area contributed by atoms with Crippen molar-refractivity contribution in [1.82, 2.24) is 10.3 Å². The number of benzene rings is 2. The Kier molecular flexibility index (Phi) is 7.45. The molecule has 2 aromatic rings. The van der Waals surface area contributed by atoms with Gasteiger partial charge in [0.25, 0.3) is 5.91 Å². The van der Waals surface area contributed by atoms with Crippen LogP contribution in [-0.2, 0) is 16.0 Å². The third-order valence-corrected chi connectivity index (χ3v) is 6.15. The minimum atomic E-state index is -0.259. The SMILES string of the molecule is CCCCC1=NC(=O)C(=C2NN=C(Cc3ccc(Cl)cc3)O2)CN1[C@H](CC)c1ccccc1. The van der Waals surface area contributed by atoms with Crippen molar-refractivity contribution in [3.63, 3.8) is 0 Å². The highest BCUT2D eigenvalue weighted by atomic mass is 35.5. The molecule has 2 aromatic carbocycles. The van der Waals surface area contributed by atoms with Crippen LogP contribution in [0.2, 0.25) is 5.02 Å². The van der Waals surface area contributed by atoms with Crippen molar-refractivity contribution in [1.29, 1.82) is 0 Å². The molecule has 0 unspecified atom stereocenters. The molecular formula is C26H29ClN4O2. The van der Waals surface area contributed by atoms with Crippen molar-refractivity contribution in [2.45, 2.75) is 52.0 Å². The Morgan fingerprint density at radius 2 is 1.88 bits per heavy atom. The zero-order valence-electron chi connectivity index (χ0n) is 19.1. The van der Waals surface area contributed by atoms with Crippen molar-refractivity contribution in [3.8, 4) is 0 Å². The fraction of sp³-hybridized carbons (Fsp3) is 0.346. The highest BCUT2D eigenvalue weighted by molar-refractivity contribution is 6.30. The third kappa shape index (κ3) is 5.45. The van der Waals surface area contributed by atoms with Crippen molar-refractivity contribution >= 4 is 29.2 Å². The van der Waals surface area contributed by atoms with Crippen LogP contribution in [0.1, 0.15) is 56.7 Å². The van der Waals surface area contributed by atoms with Gasteiger partial charge in [-0.05, 0) is 36.1 Å². The topological polar surface area (TPSA) is 66.3 Å². The predicted molar refractivity (Wildman–Crippen MR) is 132 cm³/mol. The van der Waals surface area contributed by atoms with Crippen molar-refractivity contribution < 1.29 is 9.53 Å². The first-order chi connectivity index (χ1) is 16.1. The zero-order chi connectivity index (χ0) is 23.2. The molecule has 0 fully saturated rings. The maximum absolute atomic E-state index is 13.0. The summed E-state index contributed by atoms with van der Waals surface area (Å²) in [6.07, 6.45) is 4.22. The van der Waals surface area contributed by atoms with Gasteiger partial charge in [0.2, 0.25) is 11.8 Å². The minimum Gasteiger partial charge on any atom is -0.423 e. The summed E-state index contributed by atoms with van der Waals surface area (Å²) in [6.45, 7) is 4.74. The third-order valence-electron chi connectivity index (χ3n) is 5.89. The van der Waals surface area contributed by atoms with E-state index in [0.717, 1.165) is 37.1 Å². The van der Waals surface area contributed by atoms with Crippen LogP contribution in [0.3, 0.4) is 0 Å². The van der Waals surface area contributed by atoms with E-state index in [1.54, 1.807) is 0 Å². The number of nitrogens with zero attached hydrogens (tertiary/aromatic N) is 3. The van der Waals surface area contributed by atoms with E-state index >= 15 is 0 Å². The van der Waals surface area contributed by atoms with Gasteiger partial charge < -0.3 is 9.64 Å². The van der Waals surface area contributed by atoms with E-state index in [1.165, 1.54) is 5.56 Å². The van der Waals surface area contributed by atoms with Gasteiger partial charge in [-0.3, -0.25) is 4.79 Å². The molecule has 6 nitrogen and oxygen atoms in total. The quantitative estimate of drug-likeness (QED) is 0.515. The van der Waals surface area contributed by atoms with Gasteiger partial charge in [-0.25, -0.2) is 5.43 Å². The van der Waals surface area contributed by atoms with Gasteiger partial charge >= 0.3 is 0 Å². The second-order valence-electron chi connectivity index (χ2n) is 8.23. The van der Waals surface area contributed by atoms with Crippen LogP contribution < -0.4 is 5.43 Å². The number of unbranched alkanes of at least 4 members (excludes halogenated alkanes) is 1. The average molecular weight is 465 g/mol. The molecule has 172 valence electrons. The molecule has 2 heterocycles. The summed E-state index contributed by atoms with van der Waals surface area (Å²) in [4.78, 5) is 19.7. The first-order valence-corrected chi connectivity index (χ1v) is 11.9. The van der Waals surface area contributed by atoms with Gasteiger partial charge in [-0.1, -0.05) is 74.3 Å². The zero-order valence-corrected chi connectivity index (χ0v) is 19.8. The molecule has 0 aromatic heterocycles. The van der Waals surface area contributed by atoms with Crippen LogP contribution in [0.4, 0.5) is 0 Å². The molecule has 2 aliphatic rings. The number of carbonyl (C=O) groups is 1. The highest BCUT2D eigenvalue weighted by Crippen LogP contribution is 2.30. The maximum Gasteiger partial charge on any atom is 0.281 e. The Bertz CT molecular complexity index is 1080. The first kappa shape index (κ1) is 23.1. The lowest BCUT2D eigenvalue weighted by molar-refractivity contribution is -0.115. The van der Waals surface area contributed by atoms with Crippen LogP contribution in [0.25, 0.3) is 0 Å². The number of rotatable bonds is 8. The van der Waals surface area contributed by atoms with Crippen LogP contribution >= 0.6 is 11.6 Å². The summed E-state index contributed by atoms with van der Waals surface area (Å²) in [5.41, 5.74) is 5.65. The molecule has 0 saturated heterocycles. The second kappa shape index (κ2) is 10.7. The fourth-order valence-electron chi connectivity index (χ4n) is 4.14. The van der Waals surface area contributed by atoms with Crippen molar-refractivity contribution in [2.75, 3.05) is 6.54 Å². The molecular weight excluding hydrogens is 436 g/mol. The summed E-state index contributed by atoms with van der Waals surface area (Å²) in [6, 6.07) is 18.0. The fourth-order valence-corrected chi connectivity index (χ4v) is 4.27. The molecule has 0 saturated carbocycles. The first-order valence-electron chi connectivity index (χ1n) is 11.5. The number of aliphatic imine (C=N–C) groups is 1. The molecule has 0 bridgehead atoms. The number of amidine groups is 1. The normalized spacial score (nSPS) is 19.0. The number of nitrogens with one attached hydrogen (secondary N) is 1. The lowest BCUT2D eigenvalue weighted by Crippen LogP contribution is -2.42. The van der Waals surface area contributed by atoms with E-state index in [9.17, 15) is 4.79 Å². The van der Waals surface area contributed by atoms with Crippen molar-refractivity contribution in [3.05, 3.63) is 82.2 Å². The van der Waals surface area contributed by atoms with E-state index in [1.807, 2.05) is 42.5 Å². The largest absolute Gasteiger partial charge is 0.423 e. The van der Waals surface area contributed by atoms with Gasteiger partial charge in [0.15, 0.2) is 0 Å². The molecule has 1 amide bonds. The lowest BCUT2D eigenvalue weighted by atomic mass is 9.99. The Hall–Kier alpha value is -3.12. The van der Waals surface area contributed by atoms with Gasteiger partial charge in [0.1, 0.15) is 11.4 Å². The molecule has 1 N–H and O–H groups in total. The van der Waals surface area contributed by atoms with E-state index in [0.29, 0.717) is 35.3 Å². The van der Waals surface area contributed by atoms with E-state index in [-0.39, 0.29) is 11.9 Å². The smallest absolute Gasteiger partial charge is 0.281 e. The molecule has 4 rings (SSSR count). The second-order valence-corrected chi connectivity index (χ2v) is 8.67. The van der Waals surface area contributed by atoms with Crippen molar-refractivity contribution in [2.24, 2.45) is 10.1 Å². The monoisotopic (exact) mass is 464 g/mol. The predicted octanol–water partition coefficient (Wildman–Crippen LogP) is 5.61. The standard InChI is InChI=1S/C26H29ClN4O2/c1-3-5-11-23-28-25(32)21(17-31(23)22(4-2)19-9-7-6-8-10-19)26-30-29-24(33-26)16-18-12-14-20(27)15-13-18/h6-10,12-15,22,30H,3-5,11,16-17H2,1-2H3/t22-/m1/s1. The van der Waals surface area contributed by atoms with Crippen LogP contribution in [0.5, 0.6) is 0 Å². The molecule has 0 radical (unpaired) electrons. The number of hydrazone groups is 1. The van der Waals surface area contributed by atoms with Crippen LogP contribution in [0.15, 0.2) is 76.1 Å². The van der Waals surface area contributed by atoms with Gasteiger partial charge in [-0.2, -0.15) is 4.99 Å². The Morgan fingerprint density at radius 3 is 2.58 bits per heavy atom.